The number of hydrogen-bond donors (Lipinski definition) is 0. The Labute approximate surface area is 162 Å². The summed E-state index contributed by atoms with van der Waals surface area (Å²) in [4.78, 5) is 12.1. The largest absolute Gasteiger partial charge is 0.494 e. The Balaban J connectivity index is 2.23. The summed E-state index contributed by atoms with van der Waals surface area (Å²) in [6, 6.07) is 5.06. The number of ether oxygens (including phenoxy) is 2. The molecule has 0 radical (unpaired) electrons. The third-order valence-corrected chi connectivity index (χ3v) is 6.67. The summed E-state index contributed by atoms with van der Waals surface area (Å²) in [6.45, 7) is 11.3. The maximum atomic E-state index is 13.1. The molecule has 7 heteroatoms. The van der Waals surface area contributed by atoms with Gasteiger partial charge in [-0.3, -0.25) is 4.79 Å². The van der Waals surface area contributed by atoms with Gasteiger partial charge in [-0.15, -0.1) is 0 Å². The van der Waals surface area contributed by atoms with Crippen LogP contribution in [-0.4, -0.2) is 45.0 Å². The van der Waals surface area contributed by atoms with Crippen molar-refractivity contribution >= 4 is 16.0 Å². The summed E-state index contributed by atoms with van der Waals surface area (Å²) in [5.41, 5.74) is 0.624. The molecule has 1 aromatic rings. The number of carbonyl (C=O) groups is 1. The van der Waals surface area contributed by atoms with Crippen LogP contribution in [0.4, 0.5) is 0 Å². The van der Waals surface area contributed by atoms with E-state index in [1.165, 1.54) is 4.31 Å². The number of rotatable bonds is 6. The molecule has 0 atom stereocenters. The van der Waals surface area contributed by atoms with Gasteiger partial charge < -0.3 is 9.47 Å². The van der Waals surface area contributed by atoms with Crippen molar-refractivity contribution in [2.75, 3.05) is 26.3 Å². The molecular weight excluding hydrogens is 366 g/mol. The molecule has 1 saturated heterocycles. The van der Waals surface area contributed by atoms with Gasteiger partial charge in [0.25, 0.3) is 0 Å². The van der Waals surface area contributed by atoms with Crippen LogP contribution in [0.5, 0.6) is 5.75 Å². The molecule has 6 nitrogen and oxygen atoms in total. The predicted octanol–water partition coefficient (Wildman–Crippen LogP) is 3.35. The number of piperidine rings is 1. The molecule has 1 aromatic carbocycles. The van der Waals surface area contributed by atoms with Crippen LogP contribution in [0, 0.1) is 5.92 Å². The van der Waals surface area contributed by atoms with Crippen LogP contribution in [0.1, 0.15) is 53.0 Å². The Kier molecular flexibility index (Phi) is 6.92. The van der Waals surface area contributed by atoms with E-state index in [2.05, 4.69) is 0 Å². The monoisotopic (exact) mass is 397 g/mol. The van der Waals surface area contributed by atoms with Crippen molar-refractivity contribution in [2.24, 2.45) is 5.92 Å². The fourth-order valence-corrected chi connectivity index (χ4v) is 4.77. The summed E-state index contributed by atoms with van der Waals surface area (Å²) in [5.74, 6) is 0.262. The van der Waals surface area contributed by atoms with Gasteiger partial charge in [0.1, 0.15) is 5.75 Å². The molecule has 0 bridgehead atoms. The van der Waals surface area contributed by atoms with E-state index in [4.69, 9.17) is 9.47 Å². The summed E-state index contributed by atoms with van der Waals surface area (Å²) >= 11 is 0. The fourth-order valence-electron chi connectivity index (χ4n) is 3.28. The Morgan fingerprint density at radius 2 is 1.78 bits per heavy atom. The summed E-state index contributed by atoms with van der Waals surface area (Å²) < 4.78 is 38.4. The summed E-state index contributed by atoms with van der Waals surface area (Å²) in [7, 11) is -3.61. The fraction of sp³-hybridized carbons (Fsp3) is 0.650. The van der Waals surface area contributed by atoms with E-state index in [-0.39, 0.29) is 22.2 Å². The molecule has 152 valence electrons. The zero-order chi connectivity index (χ0) is 20.2. The Morgan fingerprint density at radius 1 is 1.15 bits per heavy atom. The SMILES string of the molecule is CCOC(=O)C1CCN(S(=O)(=O)c2ccc(OCC)c(C(C)(C)C)c2)CC1. The Hall–Kier alpha value is -1.60. The highest BCUT2D eigenvalue weighted by atomic mass is 32.2. The van der Waals surface area contributed by atoms with Crippen LogP contribution < -0.4 is 4.74 Å². The van der Waals surface area contributed by atoms with Crippen LogP contribution in [0.25, 0.3) is 0 Å². The predicted molar refractivity (Wildman–Crippen MR) is 104 cm³/mol. The van der Waals surface area contributed by atoms with Crippen LogP contribution in [-0.2, 0) is 25.0 Å². The molecule has 2 rings (SSSR count). The second kappa shape index (κ2) is 8.61. The number of hydrogen-bond acceptors (Lipinski definition) is 5. The van der Waals surface area contributed by atoms with Gasteiger partial charge in [0, 0.05) is 18.7 Å². The molecule has 0 aliphatic carbocycles. The van der Waals surface area contributed by atoms with Gasteiger partial charge in [0.15, 0.2) is 0 Å². The lowest BCUT2D eigenvalue weighted by molar-refractivity contribution is -0.149. The molecule has 1 heterocycles. The molecule has 0 amide bonds. The average molecular weight is 398 g/mol. The number of esters is 1. The highest BCUT2D eigenvalue weighted by Gasteiger charge is 2.33. The minimum atomic E-state index is -3.61. The van der Waals surface area contributed by atoms with Gasteiger partial charge >= 0.3 is 5.97 Å². The van der Waals surface area contributed by atoms with Crippen molar-refractivity contribution in [3.8, 4) is 5.75 Å². The van der Waals surface area contributed by atoms with Crippen molar-refractivity contribution in [2.45, 2.75) is 57.8 Å². The highest BCUT2D eigenvalue weighted by molar-refractivity contribution is 7.89. The van der Waals surface area contributed by atoms with Crippen molar-refractivity contribution in [3.63, 3.8) is 0 Å². The molecular formula is C20H31NO5S. The lowest BCUT2D eigenvalue weighted by atomic mass is 9.86. The topological polar surface area (TPSA) is 72.9 Å². The molecule has 0 N–H and O–H groups in total. The van der Waals surface area contributed by atoms with E-state index in [0.29, 0.717) is 44.9 Å². The van der Waals surface area contributed by atoms with Crippen molar-refractivity contribution in [1.29, 1.82) is 0 Å². The van der Waals surface area contributed by atoms with Gasteiger partial charge in [0.2, 0.25) is 10.0 Å². The maximum absolute atomic E-state index is 13.1. The van der Waals surface area contributed by atoms with Crippen LogP contribution in [0.15, 0.2) is 23.1 Å². The quantitative estimate of drug-likeness (QED) is 0.688. The molecule has 0 spiro atoms. The Morgan fingerprint density at radius 3 is 2.30 bits per heavy atom. The zero-order valence-corrected chi connectivity index (χ0v) is 17.8. The van der Waals surface area contributed by atoms with E-state index >= 15 is 0 Å². The van der Waals surface area contributed by atoms with E-state index in [0.717, 1.165) is 5.56 Å². The van der Waals surface area contributed by atoms with E-state index in [9.17, 15) is 13.2 Å². The van der Waals surface area contributed by atoms with Crippen LogP contribution in [0.2, 0.25) is 0 Å². The summed E-state index contributed by atoms with van der Waals surface area (Å²) in [6.07, 6.45) is 0.975. The third-order valence-electron chi connectivity index (χ3n) is 4.77. The number of carbonyl (C=O) groups excluding carboxylic acids is 1. The van der Waals surface area contributed by atoms with Crippen molar-refractivity contribution < 1.29 is 22.7 Å². The second-order valence-electron chi connectivity index (χ2n) is 7.77. The van der Waals surface area contributed by atoms with E-state index < -0.39 is 10.0 Å². The molecule has 1 fully saturated rings. The molecule has 1 aliphatic rings. The van der Waals surface area contributed by atoms with Gasteiger partial charge in [-0.25, -0.2) is 8.42 Å². The standard InChI is InChI=1S/C20H31NO5S/c1-6-25-18-9-8-16(14-17(18)20(3,4)5)27(23,24)21-12-10-15(11-13-21)19(22)26-7-2/h8-9,14-15H,6-7,10-13H2,1-5H3. The second-order valence-corrected chi connectivity index (χ2v) is 9.71. The first-order chi connectivity index (χ1) is 12.6. The van der Waals surface area contributed by atoms with E-state index in [1.54, 1.807) is 25.1 Å². The molecule has 0 saturated carbocycles. The normalized spacial score (nSPS) is 16.9. The van der Waals surface area contributed by atoms with Crippen LogP contribution in [0.3, 0.4) is 0 Å². The van der Waals surface area contributed by atoms with Gasteiger partial charge in [0.05, 0.1) is 24.0 Å². The molecule has 27 heavy (non-hydrogen) atoms. The van der Waals surface area contributed by atoms with Gasteiger partial charge in [-0.05, 0) is 50.3 Å². The van der Waals surface area contributed by atoms with Gasteiger partial charge in [-0.2, -0.15) is 4.31 Å². The molecule has 1 aliphatic heterocycles. The van der Waals surface area contributed by atoms with Crippen molar-refractivity contribution in [3.05, 3.63) is 23.8 Å². The molecule has 0 unspecified atom stereocenters. The smallest absolute Gasteiger partial charge is 0.309 e. The lowest BCUT2D eigenvalue weighted by Gasteiger charge is -2.30. The minimum Gasteiger partial charge on any atom is -0.494 e. The summed E-state index contributed by atoms with van der Waals surface area (Å²) in [5, 5.41) is 0. The van der Waals surface area contributed by atoms with Crippen molar-refractivity contribution in [1.82, 2.24) is 4.31 Å². The van der Waals surface area contributed by atoms with E-state index in [1.807, 2.05) is 27.7 Å². The lowest BCUT2D eigenvalue weighted by Crippen LogP contribution is -2.40. The first-order valence-electron chi connectivity index (χ1n) is 9.55. The third kappa shape index (κ3) is 5.02. The number of nitrogens with zero attached hydrogens (tertiary/aromatic N) is 1. The average Bonchev–Trinajstić information content (AvgIpc) is 2.61. The molecule has 0 aromatic heterocycles. The number of benzene rings is 1. The zero-order valence-electron chi connectivity index (χ0n) is 16.9. The first kappa shape index (κ1) is 21.7. The van der Waals surface area contributed by atoms with Gasteiger partial charge in [-0.1, -0.05) is 20.8 Å². The Bertz CT molecular complexity index is 759. The maximum Gasteiger partial charge on any atom is 0.309 e. The first-order valence-corrected chi connectivity index (χ1v) is 11.0. The van der Waals surface area contributed by atoms with Crippen LogP contribution >= 0.6 is 0 Å². The highest BCUT2D eigenvalue weighted by Crippen LogP contribution is 2.34. The number of sulfonamides is 1. The minimum absolute atomic E-state index is 0.220.